The third kappa shape index (κ3) is 5.44. The van der Waals surface area contributed by atoms with Crippen LogP contribution >= 0.6 is 0 Å². The fourth-order valence-corrected chi connectivity index (χ4v) is 1.64. The molecule has 0 spiro atoms. The molecule has 0 fully saturated rings. The molecule has 0 aliphatic heterocycles. The summed E-state index contributed by atoms with van der Waals surface area (Å²) in [5.41, 5.74) is 15.1. The first-order valence-electron chi connectivity index (χ1n) is 6.46. The quantitative estimate of drug-likeness (QED) is 0.827. The van der Waals surface area contributed by atoms with Crippen molar-refractivity contribution in [2.45, 2.75) is 13.8 Å². The van der Waals surface area contributed by atoms with Gasteiger partial charge in [0.2, 0.25) is 0 Å². The Bertz CT molecular complexity index is 452. The van der Waals surface area contributed by atoms with E-state index in [0.717, 1.165) is 35.7 Å². The lowest BCUT2D eigenvalue weighted by molar-refractivity contribution is 0.162. The van der Waals surface area contributed by atoms with E-state index in [2.05, 4.69) is 0 Å². The van der Waals surface area contributed by atoms with Gasteiger partial charge in [-0.2, -0.15) is 0 Å². The molecule has 2 aromatic rings. The predicted molar refractivity (Wildman–Crippen MR) is 82.9 cm³/mol. The molecule has 2 aromatic carbocycles. The third-order valence-electron chi connectivity index (χ3n) is 2.51. The van der Waals surface area contributed by atoms with E-state index in [0.29, 0.717) is 0 Å². The lowest BCUT2D eigenvalue weighted by atomic mass is 10.0. The minimum atomic E-state index is 0.768. The molecule has 19 heavy (non-hydrogen) atoms. The highest BCUT2D eigenvalue weighted by Gasteiger charge is 1.97. The fourth-order valence-electron chi connectivity index (χ4n) is 1.64. The van der Waals surface area contributed by atoms with Gasteiger partial charge >= 0.3 is 0 Å². The molecule has 0 unspecified atom stereocenters. The zero-order chi connectivity index (χ0) is 14.1. The molecule has 0 heterocycles. The van der Waals surface area contributed by atoms with Crippen LogP contribution in [0.15, 0.2) is 48.5 Å². The van der Waals surface area contributed by atoms with Crippen molar-refractivity contribution in [1.29, 1.82) is 0 Å². The van der Waals surface area contributed by atoms with Crippen LogP contribution in [0.2, 0.25) is 0 Å². The molecule has 0 saturated carbocycles. The summed E-state index contributed by atoms with van der Waals surface area (Å²) in [7, 11) is 0. The lowest BCUT2D eigenvalue weighted by Crippen LogP contribution is -1.87. The van der Waals surface area contributed by atoms with Crippen LogP contribution in [0.3, 0.4) is 0 Å². The summed E-state index contributed by atoms with van der Waals surface area (Å²) in [5.74, 6) is 0. The van der Waals surface area contributed by atoms with Gasteiger partial charge in [-0.25, -0.2) is 0 Å². The molecule has 0 radical (unpaired) electrons. The largest absolute Gasteiger partial charge is 0.399 e. The molecule has 4 N–H and O–H groups in total. The number of nitrogen functional groups attached to an aromatic ring is 2. The van der Waals surface area contributed by atoms with Crippen LogP contribution in [0.25, 0.3) is 11.1 Å². The van der Waals surface area contributed by atoms with Crippen LogP contribution in [-0.4, -0.2) is 13.2 Å². The van der Waals surface area contributed by atoms with E-state index in [4.69, 9.17) is 16.2 Å². The van der Waals surface area contributed by atoms with Crippen molar-refractivity contribution in [2.24, 2.45) is 0 Å². The maximum atomic E-state index is 5.70. The average Bonchev–Trinajstić information content (AvgIpc) is 2.40. The van der Waals surface area contributed by atoms with Crippen molar-refractivity contribution in [1.82, 2.24) is 0 Å². The van der Waals surface area contributed by atoms with Gasteiger partial charge in [0.1, 0.15) is 0 Å². The minimum absolute atomic E-state index is 0.768. The summed E-state index contributed by atoms with van der Waals surface area (Å²) in [6, 6.07) is 15.5. The zero-order valence-electron chi connectivity index (χ0n) is 11.6. The molecule has 2 rings (SSSR count). The highest BCUT2D eigenvalue weighted by atomic mass is 16.5. The van der Waals surface area contributed by atoms with Crippen LogP contribution in [0, 0.1) is 0 Å². The van der Waals surface area contributed by atoms with E-state index in [1.54, 1.807) is 0 Å². The van der Waals surface area contributed by atoms with Gasteiger partial charge in [-0.3, -0.25) is 0 Å². The Labute approximate surface area is 115 Å². The number of benzene rings is 2. The predicted octanol–water partition coefficient (Wildman–Crippen LogP) is 3.56. The Morgan fingerprint density at radius 3 is 1.47 bits per heavy atom. The lowest BCUT2D eigenvalue weighted by Gasteiger charge is -2.03. The van der Waals surface area contributed by atoms with Gasteiger partial charge in [0, 0.05) is 24.6 Å². The van der Waals surface area contributed by atoms with E-state index in [-0.39, 0.29) is 0 Å². The Morgan fingerprint density at radius 2 is 1.21 bits per heavy atom. The first kappa shape index (κ1) is 15.1. The molecular weight excluding hydrogens is 236 g/mol. The molecule has 0 bridgehead atoms. The molecular formula is C16H22N2O. The molecule has 3 heteroatoms. The van der Waals surface area contributed by atoms with E-state index < -0.39 is 0 Å². The van der Waals surface area contributed by atoms with Crippen molar-refractivity contribution in [3.63, 3.8) is 0 Å². The van der Waals surface area contributed by atoms with Gasteiger partial charge in [-0.05, 0) is 49.2 Å². The summed E-state index contributed by atoms with van der Waals surface area (Å²) in [4.78, 5) is 0. The Hall–Kier alpha value is -2.00. The van der Waals surface area contributed by atoms with Gasteiger partial charge in [-0.1, -0.05) is 24.3 Å². The van der Waals surface area contributed by atoms with E-state index in [1.165, 1.54) is 0 Å². The summed E-state index contributed by atoms with van der Waals surface area (Å²) >= 11 is 0. The van der Waals surface area contributed by atoms with Gasteiger partial charge in [0.15, 0.2) is 0 Å². The normalized spacial score (nSPS) is 9.58. The van der Waals surface area contributed by atoms with E-state index in [1.807, 2.05) is 62.4 Å². The van der Waals surface area contributed by atoms with E-state index >= 15 is 0 Å². The number of hydrogen-bond acceptors (Lipinski definition) is 3. The minimum Gasteiger partial charge on any atom is -0.399 e. The average molecular weight is 258 g/mol. The number of anilines is 2. The van der Waals surface area contributed by atoms with Crippen LogP contribution < -0.4 is 11.5 Å². The van der Waals surface area contributed by atoms with Crippen molar-refractivity contribution >= 4 is 11.4 Å². The van der Waals surface area contributed by atoms with Crippen molar-refractivity contribution in [3.05, 3.63) is 48.5 Å². The van der Waals surface area contributed by atoms with Crippen LogP contribution in [0.5, 0.6) is 0 Å². The van der Waals surface area contributed by atoms with Gasteiger partial charge in [0.05, 0.1) is 0 Å². The van der Waals surface area contributed by atoms with E-state index in [9.17, 15) is 0 Å². The van der Waals surface area contributed by atoms with Crippen molar-refractivity contribution < 1.29 is 4.74 Å². The Morgan fingerprint density at radius 1 is 0.789 bits per heavy atom. The van der Waals surface area contributed by atoms with Gasteiger partial charge in [0.25, 0.3) is 0 Å². The number of rotatable bonds is 3. The Kier molecular flexibility index (Phi) is 6.47. The summed E-state index contributed by atoms with van der Waals surface area (Å²) < 4.78 is 4.83. The molecule has 0 amide bonds. The van der Waals surface area contributed by atoms with Gasteiger partial charge < -0.3 is 16.2 Å². The smallest absolute Gasteiger partial charge is 0.0437 e. The molecule has 102 valence electrons. The number of hydrogen-bond donors (Lipinski definition) is 2. The second kappa shape index (κ2) is 8.16. The first-order chi connectivity index (χ1) is 9.17. The molecule has 0 saturated heterocycles. The highest BCUT2D eigenvalue weighted by Crippen LogP contribution is 2.22. The molecule has 0 aliphatic rings. The summed E-state index contributed by atoms with van der Waals surface area (Å²) in [6.07, 6.45) is 0. The third-order valence-corrected chi connectivity index (χ3v) is 2.51. The summed E-state index contributed by atoms with van der Waals surface area (Å²) in [5, 5.41) is 0. The second-order valence-electron chi connectivity index (χ2n) is 4.03. The Balaban J connectivity index is 0.000000312. The molecule has 3 nitrogen and oxygen atoms in total. The van der Waals surface area contributed by atoms with Gasteiger partial charge in [-0.15, -0.1) is 0 Å². The standard InChI is InChI=1S/C12H12N2.C4H10O/c13-11-5-1-3-9(7-11)10-4-2-6-12(14)8-10;1-3-5-4-2/h1-8H,13-14H2;3-4H2,1-2H3. The molecule has 0 atom stereocenters. The maximum absolute atomic E-state index is 5.70. The fraction of sp³-hybridized carbons (Fsp3) is 0.250. The number of ether oxygens (including phenoxy) is 1. The van der Waals surface area contributed by atoms with Crippen LogP contribution in [0.1, 0.15) is 13.8 Å². The maximum Gasteiger partial charge on any atom is 0.0437 e. The second-order valence-corrected chi connectivity index (χ2v) is 4.03. The topological polar surface area (TPSA) is 61.3 Å². The number of nitrogens with two attached hydrogens (primary N) is 2. The molecule has 0 aliphatic carbocycles. The summed E-state index contributed by atoms with van der Waals surface area (Å²) in [6.45, 7) is 5.67. The van der Waals surface area contributed by atoms with Crippen LogP contribution in [0.4, 0.5) is 11.4 Å². The highest BCUT2D eigenvalue weighted by molar-refractivity contribution is 5.70. The van der Waals surface area contributed by atoms with Crippen molar-refractivity contribution in [3.8, 4) is 11.1 Å². The van der Waals surface area contributed by atoms with Crippen LogP contribution in [-0.2, 0) is 4.74 Å². The van der Waals surface area contributed by atoms with Crippen molar-refractivity contribution in [2.75, 3.05) is 24.7 Å². The first-order valence-corrected chi connectivity index (χ1v) is 6.46. The monoisotopic (exact) mass is 258 g/mol. The molecule has 0 aromatic heterocycles. The SMILES string of the molecule is CCOCC.Nc1cccc(-c2cccc(N)c2)c1. The zero-order valence-corrected chi connectivity index (χ0v) is 11.6.